The van der Waals surface area contributed by atoms with Crippen LogP contribution in [0, 0.1) is 0 Å². The average molecular weight is 186 g/mol. The summed E-state index contributed by atoms with van der Waals surface area (Å²) in [5.74, 6) is 0.244. The van der Waals surface area contributed by atoms with Gasteiger partial charge in [-0.2, -0.15) is 0 Å². The van der Waals surface area contributed by atoms with Crippen LogP contribution in [0.3, 0.4) is 0 Å². The van der Waals surface area contributed by atoms with Crippen LogP contribution in [-0.2, 0) is 10.2 Å². The average Bonchev–Trinajstić information content (AvgIpc) is 2.43. The molecule has 2 rings (SSSR count). The molecule has 1 unspecified atom stereocenters. The van der Waals surface area contributed by atoms with E-state index in [9.17, 15) is 4.79 Å². The Labute approximate surface area is 84.5 Å². The highest BCUT2D eigenvalue weighted by Crippen LogP contribution is 2.39. The maximum Gasteiger partial charge on any atom is 0.156 e. The first-order valence-electron chi connectivity index (χ1n) is 4.90. The van der Waals surface area contributed by atoms with Crippen LogP contribution in [0.1, 0.15) is 25.8 Å². The lowest BCUT2D eigenvalue weighted by atomic mass is 9.77. The van der Waals surface area contributed by atoms with Crippen molar-refractivity contribution in [3.63, 3.8) is 0 Å². The fourth-order valence-electron chi connectivity index (χ4n) is 2.08. The number of hydrogen-bond donors (Lipinski definition) is 0. The maximum atomic E-state index is 11.4. The Kier molecular flexibility index (Phi) is 2.03. The molecule has 0 saturated carbocycles. The molecule has 1 aliphatic rings. The molecule has 1 atom stereocenters. The number of hydrogen-bond acceptors (Lipinski definition) is 1. The lowest BCUT2D eigenvalue weighted by Gasteiger charge is -2.25. The number of benzene rings is 1. The second-order valence-electron chi connectivity index (χ2n) is 4.17. The first-order chi connectivity index (χ1) is 6.63. The van der Waals surface area contributed by atoms with Gasteiger partial charge in [0.2, 0.25) is 0 Å². The van der Waals surface area contributed by atoms with Crippen LogP contribution in [0.4, 0.5) is 0 Å². The third-order valence-corrected chi connectivity index (χ3v) is 3.19. The summed E-state index contributed by atoms with van der Waals surface area (Å²) in [4.78, 5) is 11.4. The Morgan fingerprint density at radius 2 is 1.86 bits per heavy atom. The van der Waals surface area contributed by atoms with Crippen molar-refractivity contribution in [2.45, 2.75) is 25.7 Å². The molecule has 1 aliphatic carbocycles. The summed E-state index contributed by atoms with van der Waals surface area (Å²) >= 11 is 0. The lowest BCUT2D eigenvalue weighted by Crippen LogP contribution is -2.20. The van der Waals surface area contributed by atoms with E-state index < -0.39 is 0 Å². The van der Waals surface area contributed by atoms with E-state index in [0.29, 0.717) is 6.42 Å². The van der Waals surface area contributed by atoms with Crippen molar-refractivity contribution in [1.29, 1.82) is 0 Å². The SMILES string of the molecule is CC1=CC(=O)CC1(C)c1ccccc1. The molecule has 1 nitrogen and oxygen atoms in total. The number of allylic oxidation sites excluding steroid dienone is 2. The fourth-order valence-corrected chi connectivity index (χ4v) is 2.08. The van der Waals surface area contributed by atoms with E-state index in [1.165, 1.54) is 11.1 Å². The first kappa shape index (κ1) is 9.20. The van der Waals surface area contributed by atoms with Crippen molar-refractivity contribution >= 4 is 5.78 Å². The zero-order valence-electron chi connectivity index (χ0n) is 8.58. The molecule has 0 spiro atoms. The summed E-state index contributed by atoms with van der Waals surface area (Å²) in [6.07, 6.45) is 2.38. The van der Waals surface area contributed by atoms with Gasteiger partial charge < -0.3 is 0 Å². The summed E-state index contributed by atoms with van der Waals surface area (Å²) in [5.41, 5.74) is 2.34. The molecule has 0 aliphatic heterocycles. The summed E-state index contributed by atoms with van der Waals surface area (Å²) in [5, 5.41) is 0. The van der Waals surface area contributed by atoms with Crippen molar-refractivity contribution in [1.82, 2.24) is 0 Å². The highest BCUT2D eigenvalue weighted by molar-refractivity contribution is 5.95. The first-order valence-corrected chi connectivity index (χ1v) is 4.90. The zero-order valence-corrected chi connectivity index (χ0v) is 8.58. The third-order valence-electron chi connectivity index (χ3n) is 3.19. The van der Waals surface area contributed by atoms with Gasteiger partial charge in [0.25, 0.3) is 0 Å². The van der Waals surface area contributed by atoms with E-state index in [2.05, 4.69) is 19.1 Å². The Balaban J connectivity index is 2.45. The quantitative estimate of drug-likeness (QED) is 0.659. The molecule has 72 valence electrons. The monoisotopic (exact) mass is 186 g/mol. The molecule has 0 saturated heterocycles. The van der Waals surface area contributed by atoms with Crippen LogP contribution in [0.15, 0.2) is 42.0 Å². The van der Waals surface area contributed by atoms with Gasteiger partial charge in [-0.3, -0.25) is 4.79 Å². The van der Waals surface area contributed by atoms with Gasteiger partial charge in [0.1, 0.15) is 0 Å². The highest BCUT2D eigenvalue weighted by Gasteiger charge is 2.35. The van der Waals surface area contributed by atoms with Crippen molar-refractivity contribution in [2.75, 3.05) is 0 Å². The third kappa shape index (κ3) is 1.29. The molecule has 0 radical (unpaired) electrons. The Bertz CT molecular complexity index is 389. The van der Waals surface area contributed by atoms with Crippen LogP contribution in [0.2, 0.25) is 0 Å². The molecule has 0 fully saturated rings. The Morgan fingerprint density at radius 3 is 2.36 bits per heavy atom. The second-order valence-corrected chi connectivity index (χ2v) is 4.17. The van der Waals surface area contributed by atoms with Crippen molar-refractivity contribution in [2.24, 2.45) is 0 Å². The van der Waals surface area contributed by atoms with Gasteiger partial charge in [-0.05, 0) is 18.6 Å². The van der Waals surface area contributed by atoms with Crippen LogP contribution in [0.25, 0.3) is 0 Å². The summed E-state index contributed by atoms with van der Waals surface area (Å²) in [6.45, 7) is 4.18. The minimum absolute atomic E-state index is 0.0711. The predicted octanol–water partition coefficient (Wildman–Crippen LogP) is 2.86. The molecule has 14 heavy (non-hydrogen) atoms. The van der Waals surface area contributed by atoms with Gasteiger partial charge in [-0.25, -0.2) is 0 Å². The minimum Gasteiger partial charge on any atom is -0.295 e. The lowest BCUT2D eigenvalue weighted by molar-refractivity contribution is -0.114. The summed E-state index contributed by atoms with van der Waals surface area (Å²) in [7, 11) is 0. The van der Waals surface area contributed by atoms with Crippen molar-refractivity contribution < 1.29 is 4.79 Å². The molecule has 0 heterocycles. The van der Waals surface area contributed by atoms with E-state index >= 15 is 0 Å². The molecule has 1 aromatic carbocycles. The smallest absolute Gasteiger partial charge is 0.156 e. The van der Waals surface area contributed by atoms with E-state index in [1.807, 2.05) is 25.1 Å². The largest absolute Gasteiger partial charge is 0.295 e. The van der Waals surface area contributed by atoms with Crippen molar-refractivity contribution in [3.8, 4) is 0 Å². The van der Waals surface area contributed by atoms with E-state index in [1.54, 1.807) is 6.08 Å². The molecule has 0 aromatic heterocycles. The maximum absolute atomic E-state index is 11.4. The normalized spacial score (nSPS) is 26.4. The van der Waals surface area contributed by atoms with Crippen LogP contribution < -0.4 is 0 Å². The van der Waals surface area contributed by atoms with Crippen molar-refractivity contribution in [3.05, 3.63) is 47.5 Å². The number of carbonyl (C=O) groups is 1. The van der Waals surface area contributed by atoms with Gasteiger partial charge in [-0.15, -0.1) is 0 Å². The second kappa shape index (κ2) is 3.09. The van der Waals surface area contributed by atoms with Gasteiger partial charge in [-0.1, -0.05) is 42.8 Å². The number of carbonyl (C=O) groups excluding carboxylic acids is 1. The van der Waals surface area contributed by atoms with Crippen LogP contribution >= 0.6 is 0 Å². The molecular weight excluding hydrogens is 172 g/mol. The van der Waals surface area contributed by atoms with Gasteiger partial charge in [0, 0.05) is 11.8 Å². The van der Waals surface area contributed by atoms with Gasteiger partial charge in [0.05, 0.1) is 0 Å². The molecular formula is C13H14O. The van der Waals surface area contributed by atoms with Crippen LogP contribution in [0.5, 0.6) is 0 Å². The Hall–Kier alpha value is -1.37. The fraction of sp³-hybridized carbons (Fsp3) is 0.308. The predicted molar refractivity (Wildman–Crippen MR) is 57.2 cm³/mol. The van der Waals surface area contributed by atoms with E-state index in [-0.39, 0.29) is 11.2 Å². The van der Waals surface area contributed by atoms with Crippen LogP contribution in [-0.4, -0.2) is 5.78 Å². The molecule has 0 amide bonds. The topological polar surface area (TPSA) is 17.1 Å². The molecule has 0 bridgehead atoms. The summed E-state index contributed by atoms with van der Waals surface area (Å²) < 4.78 is 0. The summed E-state index contributed by atoms with van der Waals surface area (Å²) in [6, 6.07) is 10.2. The molecule has 0 N–H and O–H groups in total. The molecule has 1 heteroatoms. The number of rotatable bonds is 1. The minimum atomic E-state index is -0.0711. The standard InChI is InChI=1S/C13H14O/c1-10-8-12(14)9-13(10,2)11-6-4-3-5-7-11/h3-8H,9H2,1-2H3. The Morgan fingerprint density at radius 1 is 1.21 bits per heavy atom. The van der Waals surface area contributed by atoms with Gasteiger partial charge >= 0.3 is 0 Å². The van der Waals surface area contributed by atoms with E-state index in [4.69, 9.17) is 0 Å². The zero-order chi connectivity index (χ0) is 10.2. The highest BCUT2D eigenvalue weighted by atomic mass is 16.1. The number of ketones is 1. The van der Waals surface area contributed by atoms with Gasteiger partial charge in [0.15, 0.2) is 5.78 Å². The van der Waals surface area contributed by atoms with E-state index in [0.717, 1.165) is 0 Å². The molecule has 1 aromatic rings.